The van der Waals surface area contributed by atoms with Gasteiger partial charge in [0.15, 0.2) is 5.96 Å². The Morgan fingerprint density at radius 2 is 1.89 bits per heavy atom. The van der Waals surface area contributed by atoms with Crippen molar-refractivity contribution in [1.29, 1.82) is 0 Å². The van der Waals surface area contributed by atoms with Gasteiger partial charge in [0, 0.05) is 50.8 Å². The summed E-state index contributed by atoms with van der Waals surface area (Å²) in [6.45, 7) is 6.95. The van der Waals surface area contributed by atoms with Gasteiger partial charge in [-0.1, -0.05) is 12.1 Å². The van der Waals surface area contributed by atoms with E-state index in [1.54, 1.807) is 0 Å². The van der Waals surface area contributed by atoms with Crippen molar-refractivity contribution in [3.05, 3.63) is 53.5 Å². The molecule has 1 aliphatic rings. The summed E-state index contributed by atoms with van der Waals surface area (Å²) in [5, 5.41) is 6.97. The number of aryl methyl sites for hydroxylation is 2. The van der Waals surface area contributed by atoms with Crippen molar-refractivity contribution >= 4 is 35.8 Å². The van der Waals surface area contributed by atoms with Gasteiger partial charge in [-0.2, -0.15) is 0 Å². The number of halogens is 1. The summed E-state index contributed by atoms with van der Waals surface area (Å²) in [5.41, 5.74) is 3.49. The molecule has 28 heavy (non-hydrogen) atoms. The summed E-state index contributed by atoms with van der Waals surface area (Å²) in [6, 6.07) is 8.87. The predicted molar refractivity (Wildman–Crippen MR) is 127 cm³/mol. The van der Waals surface area contributed by atoms with Gasteiger partial charge in [0.05, 0.1) is 0 Å². The van der Waals surface area contributed by atoms with E-state index in [2.05, 4.69) is 61.7 Å². The van der Waals surface area contributed by atoms with Gasteiger partial charge < -0.3 is 15.5 Å². The van der Waals surface area contributed by atoms with E-state index in [0.717, 1.165) is 56.4 Å². The number of hydrogen-bond acceptors (Lipinski definition) is 4. The van der Waals surface area contributed by atoms with Gasteiger partial charge in [0.2, 0.25) is 0 Å². The molecule has 0 aromatic carbocycles. The Kier molecular flexibility index (Phi) is 8.95. The Morgan fingerprint density at radius 1 is 1.11 bits per heavy atom. The minimum Gasteiger partial charge on any atom is -0.356 e. The highest BCUT2D eigenvalue weighted by Crippen LogP contribution is 2.18. The van der Waals surface area contributed by atoms with Gasteiger partial charge in [-0.15, -0.1) is 24.0 Å². The summed E-state index contributed by atoms with van der Waals surface area (Å²) in [6.07, 6.45) is 6.98. The number of nitrogens with one attached hydrogen (secondary N) is 2. The maximum Gasteiger partial charge on any atom is 0.191 e. The Hall–Kier alpha value is -1.90. The third-order valence-corrected chi connectivity index (χ3v) is 4.96. The number of pyridine rings is 2. The maximum absolute atomic E-state index is 4.54. The van der Waals surface area contributed by atoms with Crippen LogP contribution in [0.3, 0.4) is 0 Å². The minimum atomic E-state index is 0. The van der Waals surface area contributed by atoms with Crippen molar-refractivity contribution in [3.63, 3.8) is 0 Å². The monoisotopic (exact) mass is 494 g/mol. The lowest BCUT2D eigenvalue weighted by atomic mass is 10.1. The van der Waals surface area contributed by atoms with Crippen molar-refractivity contribution in [3.8, 4) is 0 Å². The van der Waals surface area contributed by atoms with Crippen LogP contribution in [0.2, 0.25) is 0 Å². The number of guanidine groups is 1. The van der Waals surface area contributed by atoms with Crippen LogP contribution in [0.1, 0.15) is 29.7 Å². The summed E-state index contributed by atoms with van der Waals surface area (Å²) in [5.74, 6) is 1.95. The predicted octanol–water partition coefficient (Wildman–Crippen LogP) is 3.09. The van der Waals surface area contributed by atoms with Gasteiger partial charge in [0.25, 0.3) is 0 Å². The molecule has 0 unspecified atom stereocenters. The number of hydrogen-bond donors (Lipinski definition) is 2. The van der Waals surface area contributed by atoms with Crippen LogP contribution in [0.15, 0.2) is 41.7 Å². The maximum atomic E-state index is 4.54. The summed E-state index contributed by atoms with van der Waals surface area (Å²) in [4.78, 5) is 15.6. The van der Waals surface area contributed by atoms with E-state index in [4.69, 9.17) is 0 Å². The van der Waals surface area contributed by atoms with Crippen molar-refractivity contribution in [2.45, 2.75) is 39.2 Å². The third kappa shape index (κ3) is 6.61. The summed E-state index contributed by atoms with van der Waals surface area (Å²) >= 11 is 0. The summed E-state index contributed by atoms with van der Waals surface area (Å²) in [7, 11) is 1.83. The number of aliphatic imine (C=N–C) groups is 1. The van der Waals surface area contributed by atoms with E-state index < -0.39 is 0 Å². The van der Waals surface area contributed by atoms with Gasteiger partial charge in [-0.25, -0.2) is 4.98 Å². The molecule has 0 radical (unpaired) electrons. The first-order valence-electron chi connectivity index (χ1n) is 9.70. The standard InChI is InChI=1S/C21H30N6.HI/c1-16-4-7-20(25-14-16)27-12-9-19(10-13-27)26-21(22-3)23-11-8-18-6-5-17(2)24-15-18;/h4-7,14-15,19H,8-13H2,1-3H3,(H2,22,23,26);1H. The topological polar surface area (TPSA) is 65.4 Å². The Balaban J connectivity index is 0.00000280. The first-order valence-corrected chi connectivity index (χ1v) is 9.70. The molecule has 0 atom stereocenters. The quantitative estimate of drug-likeness (QED) is 0.380. The Bertz CT molecular complexity index is 736. The van der Waals surface area contributed by atoms with Crippen LogP contribution in [0, 0.1) is 13.8 Å². The molecule has 0 bridgehead atoms. The fourth-order valence-corrected chi connectivity index (χ4v) is 3.26. The lowest BCUT2D eigenvalue weighted by Crippen LogP contribution is -2.49. The minimum absolute atomic E-state index is 0. The second-order valence-corrected chi connectivity index (χ2v) is 7.16. The first kappa shape index (κ1) is 22.4. The molecule has 6 nitrogen and oxygen atoms in total. The first-order chi connectivity index (χ1) is 13.1. The number of rotatable bonds is 5. The average Bonchev–Trinajstić information content (AvgIpc) is 2.70. The number of nitrogens with zero attached hydrogens (tertiary/aromatic N) is 4. The fraction of sp³-hybridized carbons (Fsp3) is 0.476. The zero-order valence-electron chi connectivity index (χ0n) is 17.0. The molecule has 7 heteroatoms. The molecule has 2 N–H and O–H groups in total. The SMILES string of the molecule is CN=C(NCCc1ccc(C)nc1)NC1CCN(c2ccc(C)cn2)CC1.I. The zero-order valence-corrected chi connectivity index (χ0v) is 19.3. The number of piperidine rings is 1. The normalized spacial score (nSPS) is 15.1. The molecule has 1 fully saturated rings. The molecule has 0 saturated carbocycles. The second-order valence-electron chi connectivity index (χ2n) is 7.16. The average molecular weight is 494 g/mol. The van der Waals surface area contributed by atoms with E-state index in [1.165, 1.54) is 11.1 Å². The van der Waals surface area contributed by atoms with Gasteiger partial charge in [-0.3, -0.25) is 9.98 Å². The van der Waals surface area contributed by atoms with E-state index in [1.807, 2.05) is 26.4 Å². The molecule has 1 aliphatic heterocycles. The molecule has 2 aromatic heterocycles. The van der Waals surface area contributed by atoms with Crippen LogP contribution in [-0.2, 0) is 6.42 Å². The Labute approximate surface area is 185 Å². The third-order valence-electron chi connectivity index (χ3n) is 4.96. The van der Waals surface area contributed by atoms with E-state index in [0.29, 0.717) is 6.04 Å². The molecule has 3 heterocycles. The molecular weight excluding hydrogens is 463 g/mol. The lowest BCUT2D eigenvalue weighted by Gasteiger charge is -2.33. The smallest absolute Gasteiger partial charge is 0.191 e. The fourth-order valence-electron chi connectivity index (χ4n) is 3.26. The van der Waals surface area contributed by atoms with Crippen molar-refractivity contribution in [2.75, 3.05) is 31.6 Å². The highest BCUT2D eigenvalue weighted by Gasteiger charge is 2.20. The molecular formula is C21H31IN6. The largest absolute Gasteiger partial charge is 0.356 e. The molecule has 0 spiro atoms. The van der Waals surface area contributed by atoms with Crippen LogP contribution in [0.4, 0.5) is 5.82 Å². The molecule has 0 amide bonds. The Morgan fingerprint density at radius 3 is 2.50 bits per heavy atom. The van der Waals surface area contributed by atoms with Crippen molar-refractivity contribution < 1.29 is 0 Å². The van der Waals surface area contributed by atoms with E-state index in [9.17, 15) is 0 Å². The van der Waals surface area contributed by atoms with Crippen molar-refractivity contribution in [1.82, 2.24) is 20.6 Å². The van der Waals surface area contributed by atoms with E-state index in [-0.39, 0.29) is 24.0 Å². The van der Waals surface area contributed by atoms with Crippen LogP contribution >= 0.6 is 24.0 Å². The molecule has 2 aromatic rings. The van der Waals surface area contributed by atoms with Crippen molar-refractivity contribution in [2.24, 2.45) is 4.99 Å². The van der Waals surface area contributed by atoms with Crippen LogP contribution < -0.4 is 15.5 Å². The van der Waals surface area contributed by atoms with Crippen LogP contribution in [0.5, 0.6) is 0 Å². The van der Waals surface area contributed by atoms with E-state index >= 15 is 0 Å². The molecule has 1 saturated heterocycles. The van der Waals surface area contributed by atoms with Gasteiger partial charge in [-0.05, 0) is 56.4 Å². The number of anilines is 1. The molecule has 152 valence electrons. The molecule has 0 aliphatic carbocycles. The highest BCUT2D eigenvalue weighted by atomic mass is 127. The van der Waals surface area contributed by atoms with Gasteiger partial charge in [0.1, 0.15) is 5.82 Å². The second kappa shape index (κ2) is 11.2. The number of aromatic nitrogens is 2. The molecule has 3 rings (SSSR count). The lowest BCUT2D eigenvalue weighted by molar-refractivity contribution is 0.459. The summed E-state index contributed by atoms with van der Waals surface area (Å²) < 4.78 is 0. The highest BCUT2D eigenvalue weighted by molar-refractivity contribution is 14.0. The van der Waals surface area contributed by atoms with Gasteiger partial charge >= 0.3 is 0 Å². The van der Waals surface area contributed by atoms with Crippen LogP contribution in [0.25, 0.3) is 0 Å². The zero-order chi connectivity index (χ0) is 19.1. The van der Waals surface area contributed by atoms with Crippen LogP contribution in [-0.4, -0.2) is 48.7 Å².